The van der Waals surface area contributed by atoms with Crippen molar-refractivity contribution in [3.63, 3.8) is 0 Å². The van der Waals surface area contributed by atoms with Gasteiger partial charge in [0.1, 0.15) is 0 Å². The predicted molar refractivity (Wildman–Crippen MR) is 179 cm³/mol. The fraction of sp³-hybridized carbons (Fsp3) is 0.0455. The highest BCUT2D eigenvalue weighted by molar-refractivity contribution is 6.04. The maximum absolute atomic E-state index is 2.47. The Morgan fingerprint density at radius 1 is 0.227 bits per heavy atom. The second-order valence-electron chi connectivity index (χ2n) is 12.7. The van der Waals surface area contributed by atoms with Crippen LogP contribution in [0.5, 0.6) is 0 Å². The van der Waals surface area contributed by atoms with E-state index in [1.807, 2.05) is 0 Å². The Bertz CT molecular complexity index is 2290. The summed E-state index contributed by atoms with van der Waals surface area (Å²) in [5.41, 5.74) is 21.3. The summed E-state index contributed by atoms with van der Waals surface area (Å²) in [6.45, 7) is 0. The van der Waals surface area contributed by atoms with Crippen molar-refractivity contribution < 1.29 is 0 Å². The van der Waals surface area contributed by atoms with Crippen LogP contribution >= 0.6 is 0 Å². The lowest BCUT2D eigenvalue weighted by atomic mass is 9.67. The summed E-state index contributed by atoms with van der Waals surface area (Å²) in [6.07, 6.45) is 0. The molecule has 0 saturated heterocycles. The van der Waals surface area contributed by atoms with Crippen molar-refractivity contribution in [3.8, 4) is 44.5 Å². The molecule has 0 fully saturated rings. The maximum atomic E-state index is 2.47. The number of hydrogen-bond donors (Lipinski definition) is 0. The minimum absolute atomic E-state index is 0.359. The van der Waals surface area contributed by atoms with Gasteiger partial charge in [-0.05, 0) is 89.0 Å². The quantitative estimate of drug-likeness (QED) is 0.175. The number of hydrogen-bond acceptors (Lipinski definition) is 0. The number of fused-ring (bicyclic) bond motifs is 21. The molecular formula is C44H26. The molecule has 0 saturated carbocycles. The first-order valence-electron chi connectivity index (χ1n) is 15.6. The average molecular weight is 555 g/mol. The van der Waals surface area contributed by atoms with Crippen LogP contribution < -0.4 is 0 Å². The molecule has 0 heteroatoms. The van der Waals surface area contributed by atoms with Gasteiger partial charge < -0.3 is 0 Å². The van der Waals surface area contributed by atoms with E-state index in [1.165, 1.54) is 89.0 Å². The second kappa shape index (κ2) is 7.73. The molecule has 202 valence electrons. The van der Waals surface area contributed by atoms with Crippen LogP contribution in [0, 0.1) is 0 Å². The smallest absolute Gasteiger partial charge is 0.0619 e. The normalized spacial score (nSPS) is 15.6. The zero-order valence-electron chi connectivity index (χ0n) is 24.0. The van der Waals surface area contributed by atoms with Crippen molar-refractivity contribution in [1.82, 2.24) is 0 Å². The minimum Gasteiger partial charge on any atom is -0.0619 e. The largest absolute Gasteiger partial charge is 0.0731 e. The predicted octanol–water partition coefficient (Wildman–Crippen LogP) is 10.4. The SMILES string of the molecule is c1ccc2c(c1)-c1ccccc1C21c2ccccc2-c2c1ccc1c2C2(c3ccccc3-c3ccccc32)c2ccccc2-1. The molecule has 0 aromatic heterocycles. The molecule has 0 atom stereocenters. The Hall–Kier alpha value is -5.46. The van der Waals surface area contributed by atoms with Crippen molar-refractivity contribution in [3.05, 3.63) is 202 Å². The molecule has 0 amide bonds. The fourth-order valence-electron chi connectivity index (χ4n) is 9.77. The molecular weight excluding hydrogens is 528 g/mol. The van der Waals surface area contributed by atoms with E-state index in [2.05, 4.69) is 158 Å². The van der Waals surface area contributed by atoms with Crippen molar-refractivity contribution in [1.29, 1.82) is 0 Å². The van der Waals surface area contributed by atoms with Crippen LogP contribution in [-0.2, 0) is 10.8 Å². The van der Waals surface area contributed by atoms with Crippen LogP contribution in [0.15, 0.2) is 158 Å². The van der Waals surface area contributed by atoms with Crippen molar-refractivity contribution >= 4 is 0 Å². The first-order valence-corrected chi connectivity index (χ1v) is 15.6. The maximum Gasteiger partial charge on any atom is 0.0731 e. The monoisotopic (exact) mass is 554 g/mol. The van der Waals surface area contributed by atoms with Gasteiger partial charge in [-0.1, -0.05) is 158 Å². The van der Waals surface area contributed by atoms with Gasteiger partial charge in [-0.25, -0.2) is 0 Å². The van der Waals surface area contributed by atoms with Gasteiger partial charge in [0, 0.05) is 0 Å². The summed E-state index contributed by atoms with van der Waals surface area (Å²) in [6, 6.07) is 59.8. The summed E-state index contributed by atoms with van der Waals surface area (Å²) in [5.74, 6) is 0. The van der Waals surface area contributed by atoms with Crippen LogP contribution in [0.4, 0.5) is 0 Å². The van der Waals surface area contributed by atoms with E-state index >= 15 is 0 Å². The Balaban J connectivity index is 1.38. The van der Waals surface area contributed by atoms with E-state index in [9.17, 15) is 0 Å². The lowest BCUT2D eigenvalue weighted by Crippen LogP contribution is -2.28. The molecule has 0 unspecified atom stereocenters. The van der Waals surface area contributed by atoms with Gasteiger partial charge in [0.05, 0.1) is 10.8 Å². The molecule has 7 aromatic rings. The number of benzene rings is 7. The summed E-state index contributed by atoms with van der Waals surface area (Å²) in [5, 5.41) is 0. The third-order valence-electron chi connectivity index (χ3n) is 11.1. The second-order valence-corrected chi connectivity index (χ2v) is 12.7. The van der Waals surface area contributed by atoms with E-state index in [-0.39, 0.29) is 10.8 Å². The molecule has 0 heterocycles. The van der Waals surface area contributed by atoms with Gasteiger partial charge in [-0.2, -0.15) is 0 Å². The lowest BCUT2D eigenvalue weighted by Gasteiger charge is -2.33. The van der Waals surface area contributed by atoms with Crippen LogP contribution in [0.3, 0.4) is 0 Å². The van der Waals surface area contributed by atoms with Gasteiger partial charge in [0.25, 0.3) is 0 Å². The summed E-state index contributed by atoms with van der Waals surface area (Å²) in [7, 11) is 0. The Labute approximate surface area is 256 Å². The summed E-state index contributed by atoms with van der Waals surface area (Å²) < 4.78 is 0. The highest BCUT2D eigenvalue weighted by Crippen LogP contribution is 2.69. The van der Waals surface area contributed by atoms with Gasteiger partial charge in [0.15, 0.2) is 0 Å². The zero-order chi connectivity index (χ0) is 28.6. The first-order chi connectivity index (χ1) is 21.9. The molecule has 0 nitrogen and oxygen atoms in total. The Morgan fingerprint density at radius 2 is 0.545 bits per heavy atom. The van der Waals surface area contributed by atoms with Gasteiger partial charge in [0.2, 0.25) is 0 Å². The number of rotatable bonds is 0. The summed E-state index contributed by atoms with van der Waals surface area (Å²) >= 11 is 0. The van der Waals surface area contributed by atoms with E-state index < -0.39 is 0 Å². The van der Waals surface area contributed by atoms with Crippen LogP contribution in [-0.4, -0.2) is 0 Å². The highest BCUT2D eigenvalue weighted by atomic mass is 14.6. The highest BCUT2D eigenvalue weighted by Gasteiger charge is 2.58. The van der Waals surface area contributed by atoms with Crippen LogP contribution in [0.1, 0.15) is 44.5 Å². The molecule has 0 N–H and O–H groups in total. The Kier molecular flexibility index (Phi) is 4.05. The topological polar surface area (TPSA) is 0 Å². The van der Waals surface area contributed by atoms with E-state index in [4.69, 9.17) is 0 Å². The molecule has 4 aliphatic carbocycles. The third kappa shape index (κ3) is 2.30. The first kappa shape index (κ1) is 23.1. The zero-order valence-corrected chi connectivity index (χ0v) is 24.0. The molecule has 44 heavy (non-hydrogen) atoms. The van der Waals surface area contributed by atoms with E-state index in [1.54, 1.807) is 0 Å². The molecule has 0 radical (unpaired) electrons. The van der Waals surface area contributed by atoms with Gasteiger partial charge >= 0.3 is 0 Å². The molecule has 4 aliphatic rings. The molecule has 0 bridgehead atoms. The molecule has 11 rings (SSSR count). The molecule has 7 aromatic carbocycles. The minimum atomic E-state index is -0.388. The van der Waals surface area contributed by atoms with E-state index in [0.717, 1.165) is 0 Å². The van der Waals surface area contributed by atoms with Gasteiger partial charge in [-0.3, -0.25) is 0 Å². The van der Waals surface area contributed by atoms with Crippen molar-refractivity contribution in [2.75, 3.05) is 0 Å². The van der Waals surface area contributed by atoms with Crippen LogP contribution in [0.2, 0.25) is 0 Å². The molecule has 2 spiro atoms. The Morgan fingerprint density at radius 3 is 0.977 bits per heavy atom. The van der Waals surface area contributed by atoms with Gasteiger partial charge in [-0.15, -0.1) is 0 Å². The summed E-state index contributed by atoms with van der Waals surface area (Å²) in [4.78, 5) is 0. The van der Waals surface area contributed by atoms with Crippen molar-refractivity contribution in [2.45, 2.75) is 10.8 Å². The van der Waals surface area contributed by atoms with Crippen LogP contribution in [0.25, 0.3) is 44.5 Å². The fourth-order valence-corrected chi connectivity index (χ4v) is 9.77. The molecule has 0 aliphatic heterocycles. The average Bonchev–Trinajstić information content (AvgIpc) is 3.77. The third-order valence-corrected chi connectivity index (χ3v) is 11.1. The van der Waals surface area contributed by atoms with E-state index in [0.29, 0.717) is 0 Å². The standard InChI is InChI=1S/C44H26/c1-7-19-34-27(13-1)28-14-2-8-20-35(28)43(34)39-24-12-6-18-33(39)41-40(43)26-25-32-31-17-5-11-23-38(31)44(42(32)41)36-21-9-3-15-29(36)30-16-4-10-22-37(30)44/h1-26H. The van der Waals surface area contributed by atoms with Crippen molar-refractivity contribution in [2.24, 2.45) is 0 Å². The lowest BCUT2D eigenvalue weighted by molar-refractivity contribution is 0.778.